The molecule has 0 aliphatic heterocycles. The second-order valence-electron chi connectivity index (χ2n) is 6.28. The van der Waals surface area contributed by atoms with Crippen molar-refractivity contribution in [2.24, 2.45) is 17.8 Å². The molecule has 3 unspecified atom stereocenters. The molecule has 0 saturated heterocycles. The Morgan fingerprint density at radius 2 is 1.57 bits per heavy atom. The van der Waals surface area contributed by atoms with Crippen LogP contribution in [-0.4, -0.2) is 40.2 Å². The Morgan fingerprint density at radius 1 is 0.952 bits per heavy atom. The summed E-state index contributed by atoms with van der Waals surface area (Å²) in [7, 11) is 0. The van der Waals surface area contributed by atoms with Crippen LogP contribution in [0.5, 0.6) is 0 Å². The molecule has 0 radical (unpaired) electrons. The molecule has 2 fully saturated rings. The predicted octanol–water partition coefficient (Wildman–Crippen LogP) is 2.75. The highest BCUT2D eigenvalue weighted by Gasteiger charge is 2.40. The van der Waals surface area contributed by atoms with Crippen LogP contribution in [0.4, 0.5) is 0 Å². The van der Waals surface area contributed by atoms with Gasteiger partial charge in [0.25, 0.3) is 0 Å². The van der Waals surface area contributed by atoms with Gasteiger partial charge in [-0.05, 0) is 50.9 Å². The van der Waals surface area contributed by atoms with E-state index in [9.17, 15) is 14.7 Å². The van der Waals surface area contributed by atoms with Crippen LogP contribution in [0.15, 0.2) is 0 Å². The summed E-state index contributed by atoms with van der Waals surface area (Å²) in [6, 6.07) is 0. The van der Waals surface area contributed by atoms with Crippen molar-refractivity contribution in [3.05, 3.63) is 0 Å². The molecule has 21 heavy (non-hydrogen) atoms. The highest BCUT2D eigenvalue weighted by atomic mass is 35.5. The molecule has 120 valence electrons. The summed E-state index contributed by atoms with van der Waals surface area (Å²) in [5, 5.41) is 18.6. The third-order valence-corrected chi connectivity index (χ3v) is 5.22. The van der Waals surface area contributed by atoms with Gasteiger partial charge in [0.15, 0.2) is 0 Å². The Kier molecular flexibility index (Phi) is 5.88. The van der Waals surface area contributed by atoms with Gasteiger partial charge in [-0.15, -0.1) is 11.6 Å². The molecule has 0 aromatic heterocycles. The monoisotopic (exact) mass is 318 g/mol. The van der Waals surface area contributed by atoms with Crippen LogP contribution in [0.25, 0.3) is 0 Å². The van der Waals surface area contributed by atoms with Crippen molar-refractivity contribution < 1.29 is 24.5 Å². The van der Waals surface area contributed by atoms with Crippen LogP contribution in [0.3, 0.4) is 0 Å². The molecule has 0 aromatic rings. The molecular formula is C15H23ClO5. The Bertz CT molecular complexity index is 378. The first-order chi connectivity index (χ1) is 9.97. The molecule has 3 atom stereocenters. The van der Waals surface area contributed by atoms with Gasteiger partial charge in [-0.2, -0.15) is 0 Å². The van der Waals surface area contributed by atoms with Crippen molar-refractivity contribution in [3.63, 3.8) is 0 Å². The van der Waals surface area contributed by atoms with E-state index < -0.39 is 23.8 Å². The zero-order valence-corrected chi connectivity index (χ0v) is 12.8. The van der Waals surface area contributed by atoms with Gasteiger partial charge in [0, 0.05) is 12.0 Å². The van der Waals surface area contributed by atoms with Crippen LogP contribution in [-0.2, 0) is 14.3 Å². The van der Waals surface area contributed by atoms with E-state index in [1.54, 1.807) is 0 Å². The highest BCUT2D eigenvalue weighted by Crippen LogP contribution is 2.34. The number of aliphatic carboxylic acids is 2. The lowest BCUT2D eigenvalue weighted by Gasteiger charge is -2.33. The van der Waals surface area contributed by atoms with E-state index in [0.29, 0.717) is 31.8 Å². The molecule has 0 heterocycles. The first kappa shape index (κ1) is 16.6. The van der Waals surface area contributed by atoms with Crippen molar-refractivity contribution >= 4 is 23.5 Å². The molecule has 0 bridgehead atoms. The maximum Gasteiger partial charge on any atom is 0.307 e. The van der Waals surface area contributed by atoms with Crippen LogP contribution in [0.2, 0.25) is 0 Å². The van der Waals surface area contributed by atoms with E-state index in [1.807, 2.05) is 0 Å². The Balaban J connectivity index is 1.80. The lowest BCUT2D eigenvalue weighted by Crippen LogP contribution is -2.38. The normalized spacial score (nSPS) is 37.1. The number of ether oxygens (including phenoxy) is 1. The lowest BCUT2D eigenvalue weighted by molar-refractivity contribution is -0.159. The van der Waals surface area contributed by atoms with E-state index in [1.165, 1.54) is 0 Å². The molecule has 2 N–H and O–H groups in total. The Morgan fingerprint density at radius 3 is 2.14 bits per heavy atom. The number of hydrogen-bond donors (Lipinski definition) is 2. The number of alkyl halides is 1. The average molecular weight is 319 g/mol. The number of rotatable bonds is 5. The van der Waals surface area contributed by atoms with Crippen molar-refractivity contribution in [2.45, 2.75) is 56.4 Å². The molecule has 2 saturated carbocycles. The molecular weight excluding hydrogens is 296 g/mol. The summed E-state index contributed by atoms with van der Waals surface area (Å²) >= 11 is 6.07. The highest BCUT2D eigenvalue weighted by molar-refractivity contribution is 6.20. The van der Waals surface area contributed by atoms with Gasteiger partial charge >= 0.3 is 11.9 Å². The molecule has 0 amide bonds. The summed E-state index contributed by atoms with van der Waals surface area (Å²) in [6.45, 7) is 0.637. The number of hydrogen-bond acceptors (Lipinski definition) is 3. The van der Waals surface area contributed by atoms with Crippen molar-refractivity contribution in [2.75, 3.05) is 6.61 Å². The second-order valence-corrected chi connectivity index (χ2v) is 6.89. The van der Waals surface area contributed by atoms with Crippen LogP contribution in [0.1, 0.15) is 44.9 Å². The fourth-order valence-corrected chi connectivity index (χ4v) is 3.66. The fraction of sp³-hybridized carbons (Fsp3) is 0.867. The molecule has 0 spiro atoms. The minimum Gasteiger partial charge on any atom is -0.481 e. The summed E-state index contributed by atoms with van der Waals surface area (Å²) in [6.07, 6.45) is 5.32. The van der Waals surface area contributed by atoms with E-state index in [4.69, 9.17) is 21.4 Å². The minimum atomic E-state index is -1.03. The molecule has 0 aromatic carbocycles. The van der Waals surface area contributed by atoms with E-state index in [2.05, 4.69) is 0 Å². The fourth-order valence-electron chi connectivity index (χ4n) is 3.41. The summed E-state index contributed by atoms with van der Waals surface area (Å²) < 4.78 is 5.87. The van der Waals surface area contributed by atoms with Crippen molar-refractivity contribution in [1.82, 2.24) is 0 Å². The first-order valence-electron chi connectivity index (χ1n) is 7.68. The van der Waals surface area contributed by atoms with Crippen LogP contribution >= 0.6 is 11.6 Å². The van der Waals surface area contributed by atoms with E-state index >= 15 is 0 Å². The quantitative estimate of drug-likeness (QED) is 0.761. The summed E-state index contributed by atoms with van der Waals surface area (Å²) in [4.78, 5) is 22.3. The van der Waals surface area contributed by atoms with Crippen LogP contribution < -0.4 is 0 Å². The number of carbonyl (C=O) groups is 2. The predicted molar refractivity (Wildman–Crippen MR) is 77.4 cm³/mol. The SMILES string of the molecule is O=C(O)C1CCC(OCC2CCC(Cl)CC2)CC1C(=O)O. The number of halogens is 1. The Hall–Kier alpha value is -0.810. The number of carboxylic acids is 2. The zero-order chi connectivity index (χ0) is 15.4. The lowest BCUT2D eigenvalue weighted by atomic mass is 9.78. The molecule has 5 nitrogen and oxygen atoms in total. The standard InChI is InChI=1S/C15H23ClO5/c16-10-3-1-9(2-4-10)8-21-11-5-6-12(14(17)18)13(7-11)15(19)20/h9-13H,1-8H2,(H,17,18)(H,19,20). The largest absolute Gasteiger partial charge is 0.481 e. The van der Waals surface area contributed by atoms with Gasteiger partial charge in [-0.25, -0.2) is 0 Å². The van der Waals surface area contributed by atoms with Gasteiger partial charge in [-0.1, -0.05) is 0 Å². The molecule has 2 rings (SSSR count). The summed E-state index contributed by atoms with van der Waals surface area (Å²) in [5.74, 6) is -3.16. The van der Waals surface area contributed by atoms with Crippen molar-refractivity contribution in [1.29, 1.82) is 0 Å². The molecule has 6 heteroatoms. The third-order valence-electron chi connectivity index (χ3n) is 4.78. The Labute approximate surface area is 129 Å². The van der Waals surface area contributed by atoms with E-state index in [-0.39, 0.29) is 11.5 Å². The second kappa shape index (κ2) is 7.45. The summed E-state index contributed by atoms with van der Waals surface area (Å²) in [5.41, 5.74) is 0. The average Bonchev–Trinajstić information content (AvgIpc) is 2.46. The first-order valence-corrected chi connectivity index (χ1v) is 8.12. The van der Waals surface area contributed by atoms with E-state index in [0.717, 1.165) is 25.7 Å². The van der Waals surface area contributed by atoms with Crippen LogP contribution in [0, 0.1) is 17.8 Å². The smallest absolute Gasteiger partial charge is 0.307 e. The maximum absolute atomic E-state index is 11.2. The van der Waals surface area contributed by atoms with Gasteiger partial charge < -0.3 is 14.9 Å². The van der Waals surface area contributed by atoms with Gasteiger partial charge in [0.1, 0.15) is 0 Å². The van der Waals surface area contributed by atoms with Gasteiger partial charge in [-0.3, -0.25) is 9.59 Å². The molecule has 2 aliphatic carbocycles. The van der Waals surface area contributed by atoms with Gasteiger partial charge in [0.05, 0.1) is 17.9 Å². The number of carboxylic acid groups (broad SMARTS) is 2. The topological polar surface area (TPSA) is 83.8 Å². The van der Waals surface area contributed by atoms with Crippen molar-refractivity contribution in [3.8, 4) is 0 Å². The molecule has 2 aliphatic rings. The third kappa shape index (κ3) is 4.58. The zero-order valence-electron chi connectivity index (χ0n) is 12.0. The maximum atomic E-state index is 11.2. The van der Waals surface area contributed by atoms with Gasteiger partial charge in [0.2, 0.25) is 0 Å². The minimum absolute atomic E-state index is 0.129.